The summed E-state index contributed by atoms with van der Waals surface area (Å²) in [5, 5.41) is 3.41. The molecular formula is C14H19N3. The van der Waals surface area contributed by atoms with Crippen LogP contribution < -0.4 is 5.32 Å². The summed E-state index contributed by atoms with van der Waals surface area (Å²) in [6, 6.07) is 4.34. The second-order valence-corrected chi connectivity index (χ2v) is 4.56. The van der Waals surface area contributed by atoms with Gasteiger partial charge in [0.2, 0.25) is 0 Å². The van der Waals surface area contributed by atoms with Gasteiger partial charge in [-0.3, -0.25) is 4.98 Å². The summed E-state index contributed by atoms with van der Waals surface area (Å²) in [6.45, 7) is 7.18. The molecule has 0 atom stereocenters. The van der Waals surface area contributed by atoms with Crippen LogP contribution in [0.1, 0.15) is 22.5 Å². The number of anilines is 1. The largest absolute Gasteiger partial charge is 0.380 e. The van der Waals surface area contributed by atoms with Crippen LogP contribution in [0.4, 0.5) is 5.69 Å². The molecule has 0 saturated heterocycles. The summed E-state index contributed by atoms with van der Waals surface area (Å²) in [7, 11) is 2.10. The Morgan fingerprint density at radius 1 is 1.18 bits per heavy atom. The molecule has 3 heteroatoms. The van der Waals surface area contributed by atoms with Crippen molar-refractivity contribution >= 4 is 5.69 Å². The lowest BCUT2D eigenvalue weighted by Gasteiger charge is -2.07. The van der Waals surface area contributed by atoms with Crippen molar-refractivity contribution in [2.45, 2.75) is 27.3 Å². The van der Waals surface area contributed by atoms with Crippen molar-refractivity contribution in [3.05, 3.63) is 47.0 Å². The van der Waals surface area contributed by atoms with E-state index in [1.54, 1.807) is 0 Å². The molecule has 0 aromatic carbocycles. The van der Waals surface area contributed by atoms with E-state index in [-0.39, 0.29) is 0 Å². The second-order valence-electron chi connectivity index (χ2n) is 4.56. The second kappa shape index (κ2) is 4.62. The van der Waals surface area contributed by atoms with Gasteiger partial charge in [-0.25, -0.2) is 0 Å². The molecule has 0 spiro atoms. The van der Waals surface area contributed by atoms with Gasteiger partial charge in [0.05, 0.1) is 5.69 Å². The number of nitrogens with one attached hydrogen (secondary N) is 1. The van der Waals surface area contributed by atoms with Gasteiger partial charge in [-0.2, -0.15) is 0 Å². The maximum atomic E-state index is 4.17. The van der Waals surface area contributed by atoms with Gasteiger partial charge in [0.15, 0.2) is 0 Å². The van der Waals surface area contributed by atoms with E-state index in [1.165, 1.54) is 22.5 Å². The maximum absolute atomic E-state index is 4.17. The van der Waals surface area contributed by atoms with Crippen LogP contribution in [0.5, 0.6) is 0 Å². The third-order valence-electron chi connectivity index (χ3n) is 3.24. The molecule has 1 N–H and O–H groups in total. The molecule has 17 heavy (non-hydrogen) atoms. The molecule has 2 aromatic rings. The smallest absolute Gasteiger partial charge is 0.0532 e. The van der Waals surface area contributed by atoms with E-state index in [2.05, 4.69) is 54.8 Å². The highest BCUT2D eigenvalue weighted by Crippen LogP contribution is 2.15. The lowest BCUT2D eigenvalue weighted by atomic mass is 10.2. The highest BCUT2D eigenvalue weighted by molar-refractivity contribution is 5.43. The van der Waals surface area contributed by atoms with Crippen molar-refractivity contribution < 1.29 is 0 Å². The molecule has 0 unspecified atom stereocenters. The average Bonchev–Trinajstić information content (AvgIpc) is 2.54. The first-order valence-corrected chi connectivity index (χ1v) is 5.85. The van der Waals surface area contributed by atoms with Crippen LogP contribution in [0.3, 0.4) is 0 Å². The molecule has 90 valence electrons. The Hall–Kier alpha value is -1.77. The Balaban J connectivity index is 2.10. The highest BCUT2D eigenvalue weighted by atomic mass is 15.0. The number of hydrogen-bond donors (Lipinski definition) is 1. The molecule has 0 amide bonds. The van der Waals surface area contributed by atoms with Crippen LogP contribution in [0, 0.1) is 20.8 Å². The molecule has 0 radical (unpaired) electrons. The summed E-state index contributed by atoms with van der Waals surface area (Å²) in [6.07, 6.45) is 3.72. The summed E-state index contributed by atoms with van der Waals surface area (Å²) in [4.78, 5) is 4.17. The first-order valence-electron chi connectivity index (χ1n) is 5.85. The van der Waals surface area contributed by atoms with Crippen LogP contribution in [0.25, 0.3) is 0 Å². The van der Waals surface area contributed by atoms with E-state index < -0.39 is 0 Å². The van der Waals surface area contributed by atoms with Crippen molar-refractivity contribution in [3.63, 3.8) is 0 Å². The summed E-state index contributed by atoms with van der Waals surface area (Å²) in [5.41, 5.74) is 6.20. The molecular weight excluding hydrogens is 210 g/mol. The van der Waals surface area contributed by atoms with Crippen LogP contribution >= 0.6 is 0 Å². The fourth-order valence-corrected chi connectivity index (χ4v) is 1.96. The summed E-state index contributed by atoms with van der Waals surface area (Å²) in [5.74, 6) is 0. The number of nitrogens with zero attached hydrogens (tertiary/aromatic N) is 2. The first-order chi connectivity index (χ1) is 8.08. The zero-order chi connectivity index (χ0) is 12.4. The van der Waals surface area contributed by atoms with Gasteiger partial charge in [0.1, 0.15) is 0 Å². The van der Waals surface area contributed by atoms with Crippen molar-refractivity contribution in [3.8, 4) is 0 Å². The van der Waals surface area contributed by atoms with Crippen LogP contribution in [-0.4, -0.2) is 9.55 Å². The van der Waals surface area contributed by atoms with Crippen molar-refractivity contribution in [1.82, 2.24) is 9.55 Å². The lowest BCUT2D eigenvalue weighted by Crippen LogP contribution is -2.01. The minimum Gasteiger partial charge on any atom is -0.380 e. The number of pyridine rings is 1. The van der Waals surface area contributed by atoms with Gasteiger partial charge in [0.25, 0.3) is 0 Å². The number of hydrogen-bond acceptors (Lipinski definition) is 2. The van der Waals surface area contributed by atoms with E-state index in [1.807, 2.05) is 12.4 Å². The first kappa shape index (κ1) is 11.7. The number of rotatable bonds is 3. The minimum absolute atomic E-state index is 0.846. The quantitative estimate of drug-likeness (QED) is 0.877. The molecule has 2 aromatic heterocycles. The Morgan fingerprint density at radius 3 is 2.53 bits per heavy atom. The standard InChI is InChI=1S/C14H19N3/c1-10-5-14(9-15-7-10)16-8-13-6-11(2)17(4)12(13)3/h5-7,9,16H,8H2,1-4H3. The van der Waals surface area contributed by atoms with Crippen LogP contribution in [0.2, 0.25) is 0 Å². The molecule has 0 aliphatic carbocycles. The number of aromatic nitrogens is 2. The molecule has 3 nitrogen and oxygen atoms in total. The van der Waals surface area contributed by atoms with E-state index >= 15 is 0 Å². The predicted octanol–water partition coefficient (Wildman–Crippen LogP) is 2.96. The number of aryl methyl sites for hydroxylation is 2. The third-order valence-corrected chi connectivity index (χ3v) is 3.24. The Kier molecular flexibility index (Phi) is 3.18. The lowest BCUT2D eigenvalue weighted by molar-refractivity contribution is 0.837. The molecule has 2 heterocycles. The van der Waals surface area contributed by atoms with Crippen molar-refractivity contribution in [2.75, 3.05) is 5.32 Å². The molecule has 0 saturated carbocycles. The summed E-state index contributed by atoms with van der Waals surface area (Å²) >= 11 is 0. The van der Waals surface area contributed by atoms with Crippen LogP contribution in [-0.2, 0) is 13.6 Å². The molecule has 0 fully saturated rings. The van der Waals surface area contributed by atoms with Crippen LogP contribution in [0.15, 0.2) is 24.5 Å². The molecule has 0 bridgehead atoms. The zero-order valence-corrected chi connectivity index (χ0v) is 10.9. The van der Waals surface area contributed by atoms with Gasteiger partial charge >= 0.3 is 0 Å². The van der Waals surface area contributed by atoms with Gasteiger partial charge in [-0.15, -0.1) is 0 Å². The van der Waals surface area contributed by atoms with Gasteiger partial charge in [-0.1, -0.05) is 0 Å². The third kappa shape index (κ3) is 2.49. The van der Waals surface area contributed by atoms with Crippen molar-refractivity contribution in [1.29, 1.82) is 0 Å². The van der Waals surface area contributed by atoms with Gasteiger partial charge < -0.3 is 9.88 Å². The van der Waals surface area contributed by atoms with Gasteiger partial charge in [0, 0.05) is 37.4 Å². The average molecular weight is 229 g/mol. The SMILES string of the molecule is Cc1cncc(NCc2cc(C)n(C)c2C)c1. The van der Waals surface area contributed by atoms with E-state index in [0.29, 0.717) is 0 Å². The van der Waals surface area contributed by atoms with Gasteiger partial charge in [-0.05, 0) is 44.0 Å². The normalized spacial score (nSPS) is 10.6. The molecule has 0 aliphatic rings. The molecule has 2 rings (SSSR count). The van der Waals surface area contributed by atoms with E-state index in [0.717, 1.165) is 12.2 Å². The monoisotopic (exact) mass is 229 g/mol. The Morgan fingerprint density at radius 2 is 1.94 bits per heavy atom. The Labute approximate surface area is 103 Å². The fraction of sp³-hybridized carbons (Fsp3) is 0.357. The van der Waals surface area contributed by atoms with E-state index in [9.17, 15) is 0 Å². The fourth-order valence-electron chi connectivity index (χ4n) is 1.96. The zero-order valence-electron chi connectivity index (χ0n) is 10.9. The Bertz CT molecular complexity index is 526. The predicted molar refractivity (Wildman–Crippen MR) is 71.2 cm³/mol. The summed E-state index contributed by atoms with van der Waals surface area (Å²) < 4.78 is 2.21. The molecule has 0 aliphatic heterocycles. The minimum atomic E-state index is 0.846. The highest BCUT2D eigenvalue weighted by Gasteiger charge is 2.05. The maximum Gasteiger partial charge on any atom is 0.0532 e. The topological polar surface area (TPSA) is 29.9 Å². The van der Waals surface area contributed by atoms with E-state index in [4.69, 9.17) is 0 Å². The van der Waals surface area contributed by atoms with Crippen molar-refractivity contribution in [2.24, 2.45) is 7.05 Å².